The van der Waals surface area contributed by atoms with E-state index in [1.165, 1.54) is 38.5 Å². The molecule has 1 heterocycles. The van der Waals surface area contributed by atoms with Crippen molar-refractivity contribution in [3.05, 3.63) is 42.0 Å². The minimum atomic E-state index is -0.0393. The van der Waals surface area contributed by atoms with E-state index in [2.05, 4.69) is 18.8 Å². The van der Waals surface area contributed by atoms with Crippen molar-refractivity contribution < 1.29 is 9.59 Å². The Morgan fingerprint density at radius 1 is 1.14 bits per heavy atom. The first-order valence-corrected chi connectivity index (χ1v) is 10.8. The lowest BCUT2D eigenvalue weighted by Gasteiger charge is -2.59. The zero-order valence-electron chi connectivity index (χ0n) is 16.7. The van der Waals surface area contributed by atoms with E-state index in [1.54, 1.807) is 4.90 Å². The first-order chi connectivity index (χ1) is 13.4. The SMILES string of the molecule is C=C1c2ccccc2C(=O)N1CCC(=O)NC(C)C12CC3CC(CC(C3)C1)C2. The summed E-state index contributed by atoms with van der Waals surface area (Å²) in [6.45, 7) is 6.67. The van der Waals surface area contributed by atoms with Gasteiger partial charge < -0.3 is 10.2 Å². The average molecular weight is 379 g/mol. The van der Waals surface area contributed by atoms with Crippen LogP contribution in [-0.2, 0) is 4.79 Å². The molecule has 4 fully saturated rings. The third-order valence-electron chi connectivity index (χ3n) is 7.98. The molecule has 4 bridgehead atoms. The van der Waals surface area contributed by atoms with Gasteiger partial charge in [0.2, 0.25) is 5.91 Å². The van der Waals surface area contributed by atoms with Crippen LogP contribution in [0.1, 0.15) is 67.8 Å². The number of carbonyl (C=O) groups excluding carboxylic acids is 2. The fourth-order valence-electron chi connectivity index (χ4n) is 6.96. The Morgan fingerprint density at radius 3 is 2.29 bits per heavy atom. The zero-order valence-corrected chi connectivity index (χ0v) is 16.7. The highest BCUT2D eigenvalue weighted by atomic mass is 16.2. The molecule has 1 unspecified atom stereocenters. The van der Waals surface area contributed by atoms with Crippen molar-refractivity contribution in [2.45, 2.75) is 57.9 Å². The molecule has 0 aromatic heterocycles. The van der Waals surface area contributed by atoms with Gasteiger partial charge >= 0.3 is 0 Å². The van der Waals surface area contributed by atoms with Crippen molar-refractivity contribution in [1.82, 2.24) is 10.2 Å². The van der Waals surface area contributed by atoms with Gasteiger partial charge in [-0.3, -0.25) is 9.59 Å². The van der Waals surface area contributed by atoms with E-state index in [1.807, 2.05) is 24.3 Å². The normalized spacial score (nSPS) is 33.9. The number of hydrogen-bond acceptors (Lipinski definition) is 2. The minimum absolute atomic E-state index is 0.0393. The van der Waals surface area contributed by atoms with Gasteiger partial charge in [-0.05, 0) is 74.7 Å². The van der Waals surface area contributed by atoms with Crippen LogP contribution in [-0.4, -0.2) is 29.3 Å². The molecule has 5 aliphatic rings. The highest BCUT2D eigenvalue weighted by Gasteiger charge is 2.53. The highest BCUT2D eigenvalue weighted by molar-refractivity contribution is 6.08. The van der Waals surface area contributed by atoms with Crippen molar-refractivity contribution in [3.63, 3.8) is 0 Å². The molecule has 0 radical (unpaired) electrons. The molecule has 148 valence electrons. The monoisotopic (exact) mass is 378 g/mol. The Morgan fingerprint density at radius 2 is 1.71 bits per heavy atom. The Hall–Kier alpha value is -2.10. The molecule has 1 aromatic rings. The van der Waals surface area contributed by atoms with Gasteiger partial charge in [-0.1, -0.05) is 24.8 Å². The van der Waals surface area contributed by atoms with E-state index in [4.69, 9.17) is 0 Å². The quantitative estimate of drug-likeness (QED) is 0.834. The Kier molecular flexibility index (Phi) is 4.15. The lowest BCUT2D eigenvalue weighted by Crippen LogP contribution is -2.56. The summed E-state index contributed by atoms with van der Waals surface area (Å²) in [5.41, 5.74) is 2.60. The largest absolute Gasteiger partial charge is 0.353 e. The maximum absolute atomic E-state index is 12.7. The fourth-order valence-corrected chi connectivity index (χ4v) is 6.96. The molecule has 4 nitrogen and oxygen atoms in total. The minimum Gasteiger partial charge on any atom is -0.353 e. The van der Waals surface area contributed by atoms with Crippen molar-refractivity contribution in [1.29, 1.82) is 0 Å². The molecule has 28 heavy (non-hydrogen) atoms. The summed E-state index contributed by atoms with van der Waals surface area (Å²) in [6.07, 6.45) is 8.44. The van der Waals surface area contributed by atoms with Crippen LogP contribution in [0.25, 0.3) is 5.70 Å². The summed E-state index contributed by atoms with van der Waals surface area (Å²) < 4.78 is 0. The predicted octanol–water partition coefficient (Wildman–Crippen LogP) is 4.22. The Balaban J connectivity index is 1.20. The van der Waals surface area contributed by atoms with Crippen LogP contribution >= 0.6 is 0 Å². The Bertz CT molecular complexity index is 772. The Labute approximate surface area is 167 Å². The number of amides is 2. The molecular formula is C24H30N2O2. The van der Waals surface area contributed by atoms with Gasteiger partial charge in [0, 0.05) is 35.8 Å². The summed E-state index contributed by atoms with van der Waals surface area (Å²) >= 11 is 0. The number of rotatable bonds is 5. The molecule has 4 saturated carbocycles. The second-order valence-electron chi connectivity index (χ2n) is 9.77. The second kappa shape index (κ2) is 6.47. The summed E-state index contributed by atoms with van der Waals surface area (Å²) in [4.78, 5) is 27.0. The first kappa shape index (κ1) is 18.0. The summed E-state index contributed by atoms with van der Waals surface area (Å²) in [6, 6.07) is 7.76. The van der Waals surface area contributed by atoms with Crippen molar-refractivity contribution in [2.24, 2.45) is 23.2 Å². The van der Waals surface area contributed by atoms with Gasteiger partial charge in [0.15, 0.2) is 0 Å². The smallest absolute Gasteiger partial charge is 0.258 e. The van der Waals surface area contributed by atoms with Crippen LogP contribution in [0.5, 0.6) is 0 Å². The van der Waals surface area contributed by atoms with Crippen LogP contribution in [0.3, 0.4) is 0 Å². The number of nitrogens with one attached hydrogen (secondary N) is 1. The van der Waals surface area contributed by atoms with Gasteiger partial charge in [0.1, 0.15) is 0 Å². The highest BCUT2D eigenvalue weighted by Crippen LogP contribution is 2.61. The molecule has 1 aliphatic heterocycles. The number of hydrogen-bond donors (Lipinski definition) is 1. The van der Waals surface area contributed by atoms with E-state index in [-0.39, 0.29) is 17.9 Å². The van der Waals surface area contributed by atoms with E-state index in [9.17, 15) is 9.59 Å². The number of carbonyl (C=O) groups is 2. The molecule has 6 rings (SSSR count). The summed E-state index contributed by atoms with van der Waals surface area (Å²) in [5, 5.41) is 3.31. The molecule has 4 aliphatic carbocycles. The van der Waals surface area contributed by atoms with E-state index >= 15 is 0 Å². The lowest BCUT2D eigenvalue weighted by atomic mass is 9.48. The van der Waals surface area contributed by atoms with Crippen molar-refractivity contribution in [2.75, 3.05) is 6.54 Å². The molecule has 0 saturated heterocycles. The van der Waals surface area contributed by atoms with Crippen LogP contribution in [0.4, 0.5) is 0 Å². The van der Waals surface area contributed by atoms with E-state index in [0.29, 0.717) is 29.6 Å². The molecule has 1 aromatic carbocycles. The van der Waals surface area contributed by atoms with E-state index in [0.717, 1.165) is 23.3 Å². The summed E-state index contributed by atoms with van der Waals surface area (Å²) in [7, 11) is 0. The molecule has 2 amide bonds. The fraction of sp³-hybridized carbons (Fsp3) is 0.583. The van der Waals surface area contributed by atoms with Gasteiger partial charge in [-0.25, -0.2) is 0 Å². The van der Waals surface area contributed by atoms with Gasteiger partial charge in [0.25, 0.3) is 5.91 Å². The van der Waals surface area contributed by atoms with Crippen LogP contribution < -0.4 is 5.32 Å². The maximum atomic E-state index is 12.7. The van der Waals surface area contributed by atoms with Gasteiger partial charge in [-0.15, -0.1) is 0 Å². The maximum Gasteiger partial charge on any atom is 0.258 e. The van der Waals surface area contributed by atoms with Gasteiger partial charge in [-0.2, -0.15) is 0 Å². The van der Waals surface area contributed by atoms with Crippen LogP contribution in [0, 0.1) is 23.2 Å². The molecule has 1 atom stereocenters. The summed E-state index contributed by atoms with van der Waals surface area (Å²) in [5.74, 6) is 2.67. The number of benzene rings is 1. The first-order valence-electron chi connectivity index (χ1n) is 10.8. The molecule has 4 heteroatoms. The third kappa shape index (κ3) is 2.80. The average Bonchev–Trinajstić information content (AvgIpc) is 2.90. The van der Waals surface area contributed by atoms with E-state index < -0.39 is 0 Å². The van der Waals surface area contributed by atoms with Crippen molar-refractivity contribution >= 4 is 17.5 Å². The van der Waals surface area contributed by atoms with Crippen LogP contribution in [0.2, 0.25) is 0 Å². The topological polar surface area (TPSA) is 49.4 Å². The number of fused-ring (bicyclic) bond motifs is 1. The zero-order chi connectivity index (χ0) is 19.5. The predicted molar refractivity (Wildman–Crippen MR) is 109 cm³/mol. The van der Waals surface area contributed by atoms with Crippen LogP contribution in [0.15, 0.2) is 30.8 Å². The standard InChI is InChI=1S/C24H30N2O2/c1-15-20-5-3-4-6-21(20)23(28)26(15)8-7-22(27)25-16(2)24-12-17-9-18(13-24)11-19(10-17)14-24/h3-6,16-19H,1,7-14H2,2H3,(H,25,27). The number of nitrogens with zero attached hydrogens (tertiary/aromatic N) is 1. The second-order valence-corrected chi connectivity index (χ2v) is 9.77. The lowest BCUT2D eigenvalue weighted by molar-refractivity contribution is -0.126. The van der Waals surface area contributed by atoms with Gasteiger partial charge in [0.05, 0.1) is 0 Å². The molecule has 1 N–H and O–H groups in total. The molecular weight excluding hydrogens is 348 g/mol. The van der Waals surface area contributed by atoms with Crippen molar-refractivity contribution in [3.8, 4) is 0 Å². The third-order valence-corrected chi connectivity index (χ3v) is 7.98. The molecule has 0 spiro atoms.